The molecule has 0 aromatic heterocycles. The van der Waals surface area contributed by atoms with E-state index < -0.39 is 33.9 Å². The van der Waals surface area contributed by atoms with Crippen LogP contribution in [0.15, 0.2) is 0 Å². The van der Waals surface area contributed by atoms with Crippen molar-refractivity contribution in [3.63, 3.8) is 0 Å². The molecule has 0 spiro atoms. The summed E-state index contributed by atoms with van der Waals surface area (Å²) in [5, 5.41) is 10.4. The van der Waals surface area contributed by atoms with Crippen molar-refractivity contribution in [2.45, 2.75) is 36.6 Å². The van der Waals surface area contributed by atoms with Crippen molar-refractivity contribution in [3.8, 4) is 0 Å². The zero-order valence-corrected chi connectivity index (χ0v) is 9.48. The largest absolute Gasteiger partial charge is 0.394 e. The van der Waals surface area contributed by atoms with Gasteiger partial charge in [-0.15, -0.1) is 0 Å². The Hall–Kier alpha value is -0.700. The van der Waals surface area contributed by atoms with Crippen LogP contribution in [0.25, 0.3) is 0 Å². The van der Waals surface area contributed by atoms with E-state index in [1.807, 2.05) is 0 Å². The van der Waals surface area contributed by atoms with E-state index >= 15 is 0 Å². The van der Waals surface area contributed by atoms with Crippen molar-refractivity contribution in [1.29, 1.82) is 0 Å². The first-order chi connectivity index (χ1) is 7.34. The van der Waals surface area contributed by atoms with Gasteiger partial charge in [-0.2, -0.15) is 8.42 Å². The highest BCUT2D eigenvalue weighted by Gasteiger charge is 2.34. The zero-order chi connectivity index (χ0) is 12.3. The fourth-order valence-corrected chi connectivity index (χ4v) is 2.64. The lowest BCUT2D eigenvalue weighted by molar-refractivity contribution is -0.123. The lowest BCUT2D eigenvalue weighted by Gasteiger charge is -2.15. The van der Waals surface area contributed by atoms with Crippen molar-refractivity contribution in [2.75, 3.05) is 6.61 Å². The van der Waals surface area contributed by atoms with E-state index in [0.29, 0.717) is 12.8 Å². The highest BCUT2D eigenvalue weighted by atomic mass is 32.2. The summed E-state index contributed by atoms with van der Waals surface area (Å²) in [6.45, 7) is -0.458. The maximum atomic E-state index is 11.3. The Morgan fingerprint density at radius 2 is 2.12 bits per heavy atom. The summed E-state index contributed by atoms with van der Waals surface area (Å²) in [6.07, 6.45) is 0.981. The Morgan fingerprint density at radius 3 is 2.56 bits per heavy atom. The number of carbonyl (C=O) groups excluding carboxylic acids is 1. The van der Waals surface area contributed by atoms with Crippen molar-refractivity contribution in [3.05, 3.63) is 0 Å². The van der Waals surface area contributed by atoms with E-state index in [-0.39, 0.29) is 12.5 Å². The molecule has 0 saturated heterocycles. The zero-order valence-electron chi connectivity index (χ0n) is 8.67. The van der Waals surface area contributed by atoms with Gasteiger partial charge in [-0.25, -0.2) is 0 Å². The summed E-state index contributed by atoms with van der Waals surface area (Å²) in [6, 6.07) is -1.30. The van der Waals surface area contributed by atoms with Crippen LogP contribution in [0, 0.1) is 0 Å². The van der Waals surface area contributed by atoms with E-state index in [1.165, 1.54) is 0 Å². The summed E-state index contributed by atoms with van der Waals surface area (Å²) in [7, 11) is -4.03. The highest BCUT2D eigenvalue weighted by molar-refractivity contribution is 7.86. The molecule has 94 valence electrons. The maximum absolute atomic E-state index is 11.3. The Labute approximate surface area is 93.8 Å². The third-order valence-electron chi connectivity index (χ3n) is 2.69. The second-order valence-corrected chi connectivity index (χ2v) is 5.64. The quantitative estimate of drug-likeness (QED) is 0.438. The Kier molecular flexibility index (Phi) is 4.25. The molecule has 2 unspecified atom stereocenters. The molecule has 0 aromatic carbocycles. The van der Waals surface area contributed by atoms with Gasteiger partial charge in [0.2, 0.25) is 5.91 Å². The third-order valence-corrected chi connectivity index (χ3v) is 3.96. The van der Waals surface area contributed by atoms with E-state index in [4.69, 9.17) is 15.4 Å². The van der Waals surface area contributed by atoms with Crippen molar-refractivity contribution < 1.29 is 22.9 Å². The molecule has 0 bridgehead atoms. The molecule has 0 heterocycles. The average molecular weight is 252 g/mol. The van der Waals surface area contributed by atoms with Crippen molar-refractivity contribution in [1.82, 2.24) is 5.32 Å². The van der Waals surface area contributed by atoms with Crippen LogP contribution in [-0.4, -0.2) is 47.9 Å². The first-order valence-electron chi connectivity index (χ1n) is 4.97. The van der Waals surface area contributed by atoms with Crippen molar-refractivity contribution >= 4 is 16.0 Å². The molecule has 3 atom stereocenters. The standard InChI is InChI=1S/C8H16N2O5S/c9-7(4-11)8(12)10-5-1-2-6(3-5)16(13,14)15/h5-7,11H,1-4,9H2,(H,10,12)(H,13,14,15)/t5?,6?,7-/m0/s1. The van der Waals surface area contributed by atoms with Crippen LogP contribution in [0.5, 0.6) is 0 Å². The van der Waals surface area contributed by atoms with Crippen LogP contribution in [0.1, 0.15) is 19.3 Å². The molecule has 7 nitrogen and oxygen atoms in total. The summed E-state index contributed by atoms with van der Waals surface area (Å²) in [4.78, 5) is 11.3. The van der Waals surface area contributed by atoms with E-state index in [2.05, 4.69) is 5.32 Å². The van der Waals surface area contributed by atoms with Gasteiger partial charge < -0.3 is 16.2 Å². The van der Waals surface area contributed by atoms with Crippen molar-refractivity contribution in [2.24, 2.45) is 5.73 Å². The Bertz CT molecular complexity index is 355. The SMILES string of the molecule is N[C@@H](CO)C(=O)NC1CCC(S(=O)(=O)O)C1. The second-order valence-electron chi connectivity index (χ2n) is 3.94. The molecule has 1 fully saturated rings. The molecule has 5 N–H and O–H groups in total. The molecular formula is C8H16N2O5S. The number of hydrogen-bond acceptors (Lipinski definition) is 5. The summed E-state index contributed by atoms with van der Waals surface area (Å²) in [5.41, 5.74) is 5.29. The topological polar surface area (TPSA) is 130 Å². The monoisotopic (exact) mass is 252 g/mol. The lowest BCUT2D eigenvalue weighted by atomic mass is 10.2. The number of rotatable bonds is 4. The molecule has 1 rings (SSSR count). The van der Waals surface area contributed by atoms with E-state index in [1.54, 1.807) is 0 Å². The number of aliphatic hydroxyl groups excluding tert-OH is 1. The molecule has 0 aliphatic heterocycles. The third kappa shape index (κ3) is 3.41. The normalized spacial score (nSPS) is 27.7. The first-order valence-corrected chi connectivity index (χ1v) is 6.48. The van der Waals surface area contributed by atoms with Gasteiger partial charge in [0.05, 0.1) is 11.9 Å². The number of nitrogens with two attached hydrogens (primary N) is 1. The van der Waals surface area contributed by atoms with E-state index in [9.17, 15) is 13.2 Å². The van der Waals surface area contributed by atoms with Gasteiger partial charge in [0.25, 0.3) is 10.1 Å². The van der Waals surface area contributed by atoms with Crippen LogP contribution in [-0.2, 0) is 14.9 Å². The Morgan fingerprint density at radius 1 is 1.50 bits per heavy atom. The van der Waals surface area contributed by atoms with Crippen LogP contribution >= 0.6 is 0 Å². The fraction of sp³-hybridized carbons (Fsp3) is 0.875. The minimum Gasteiger partial charge on any atom is -0.394 e. The fourth-order valence-electron chi connectivity index (χ4n) is 1.73. The molecule has 1 saturated carbocycles. The second kappa shape index (κ2) is 5.09. The number of hydrogen-bond donors (Lipinski definition) is 4. The predicted octanol–water partition coefficient (Wildman–Crippen LogP) is -1.77. The average Bonchev–Trinajstić information content (AvgIpc) is 2.64. The summed E-state index contributed by atoms with van der Waals surface area (Å²) < 4.78 is 30.5. The maximum Gasteiger partial charge on any atom is 0.267 e. The summed E-state index contributed by atoms with van der Waals surface area (Å²) in [5.74, 6) is -0.511. The minimum atomic E-state index is -4.03. The van der Waals surface area contributed by atoms with Crippen LogP contribution in [0.2, 0.25) is 0 Å². The van der Waals surface area contributed by atoms with Gasteiger partial charge in [0.1, 0.15) is 6.04 Å². The van der Waals surface area contributed by atoms with Gasteiger partial charge >= 0.3 is 0 Å². The van der Waals surface area contributed by atoms with Gasteiger partial charge in [-0.3, -0.25) is 9.35 Å². The van der Waals surface area contributed by atoms with Gasteiger partial charge in [-0.05, 0) is 19.3 Å². The smallest absolute Gasteiger partial charge is 0.267 e. The molecule has 0 aromatic rings. The molecule has 1 amide bonds. The number of aliphatic hydroxyl groups is 1. The molecule has 16 heavy (non-hydrogen) atoms. The molecule has 8 heteroatoms. The Balaban J connectivity index is 2.46. The minimum absolute atomic E-state index is 0.183. The molecular weight excluding hydrogens is 236 g/mol. The molecule has 1 aliphatic carbocycles. The highest BCUT2D eigenvalue weighted by Crippen LogP contribution is 2.24. The number of amides is 1. The van der Waals surface area contributed by atoms with Crippen LogP contribution in [0.3, 0.4) is 0 Å². The van der Waals surface area contributed by atoms with E-state index in [0.717, 1.165) is 0 Å². The molecule has 1 aliphatic rings. The van der Waals surface area contributed by atoms with Crippen LogP contribution in [0.4, 0.5) is 0 Å². The van der Waals surface area contributed by atoms with Gasteiger partial charge in [0.15, 0.2) is 0 Å². The predicted molar refractivity (Wildman–Crippen MR) is 56.2 cm³/mol. The first kappa shape index (κ1) is 13.4. The number of carbonyl (C=O) groups is 1. The molecule has 0 radical (unpaired) electrons. The van der Waals surface area contributed by atoms with Gasteiger partial charge in [0, 0.05) is 6.04 Å². The lowest BCUT2D eigenvalue weighted by Crippen LogP contribution is -2.46. The number of nitrogens with one attached hydrogen (secondary N) is 1. The summed E-state index contributed by atoms with van der Waals surface area (Å²) >= 11 is 0. The van der Waals surface area contributed by atoms with Crippen LogP contribution < -0.4 is 11.1 Å². The van der Waals surface area contributed by atoms with Gasteiger partial charge in [-0.1, -0.05) is 0 Å².